The highest BCUT2D eigenvalue weighted by Gasteiger charge is 2.30. The molecule has 0 aliphatic heterocycles. The van der Waals surface area contributed by atoms with Crippen molar-refractivity contribution in [3.05, 3.63) is 34.3 Å². The van der Waals surface area contributed by atoms with Crippen LogP contribution in [0.2, 0.25) is 0 Å². The van der Waals surface area contributed by atoms with Crippen LogP contribution in [0.3, 0.4) is 0 Å². The number of fused-ring (bicyclic) bond motifs is 1. The molecule has 0 amide bonds. The largest absolute Gasteiger partial charge is 0.406 e. The molecule has 0 unspecified atom stereocenters. The van der Waals surface area contributed by atoms with Crippen LogP contribution in [-0.2, 0) is 6.54 Å². The average Bonchev–Trinajstić information content (AvgIpc) is 2.43. The predicted octanol–water partition coefficient (Wildman–Crippen LogP) is 2.17. The van der Waals surface area contributed by atoms with Gasteiger partial charge in [0, 0.05) is 12.1 Å². The lowest BCUT2D eigenvalue weighted by Gasteiger charge is -2.07. The first-order valence-electron chi connectivity index (χ1n) is 4.42. The molecule has 2 aromatic rings. The van der Waals surface area contributed by atoms with Gasteiger partial charge >= 0.3 is 11.9 Å². The lowest BCUT2D eigenvalue weighted by molar-refractivity contribution is -0.140. The van der Waals surface area contributed by atoms with Crippen molar-refractivity contribution >= 4 is 11.0 Å². The van der Waals surface area contributed by atoms with E-state index in [1.807, 2.05) is 4.98 Å². The normalized spacial score (nSPS) is 12.3. The molecule has 0 aliphatic carbocycles. The van der Waals surface area contributed by atoms with Crippen LogP contribution in [0, 0.1) is 11.6 Å². The van der Waals surface area contributed by atoms with Crippen LogP contribution in [0.15, 0.2) is 16.9 Å². The van der Waals surface area contributed by atoms with E-state index < -0.39 is 41.1 Å². The summed E-state index contributed by atoms with van der Waals surface area (Å²) in [7, 11) is 0. The third kappa shape index (κ3) is 2.15. The highest BCUT2D eigenvalue weighted by Crippen LogP contribution is 2.21. The minimum atomic E-state index is -4.65. The zero-order valence-electron chi connectivity index (χ0n) is 8.11. The third-order valence-corrected chi connectivity index (χ3v) is 2.14. The predicted molar refractivity (Wildman–Crippen MR) is 48.5 cm³/mol. The van der Waals surface area contributed by atoms with E-state index in [0.29, 0.717) is 12.1 Å². The number of halogens is 5. The van der Waals surface area contributed by atoms with Crippen molar-refractivity contribution in [1.29, 1.82) is 0 Å². The molecule has 1 heterocycles. The molecule has 1 aromatic carbocycles. The van der Waals surface area contributed by atoms with E-state index in [2.05, 4.69) is 0 Å². The summed E-state index contributed by atoms with van der Waals surface area (Å²) in [6.45, 7) is -1.60. The maximum absolute atomic E-state index is 13.2. The van der Waals surface area contributed by atoms with E-state index in [1.165, 1.54) is 0 Å². The zero-order valence-corrected chi connectivity index (χ0v) is 8.11. The van der Waals surface area contributed by atoms with Gasteiger partial charge in [0.25, 0.3) is 0 Å². The average molecular weight is 252 g/mol. The number of benzene rings is 1. The second-order valence-corrected chi connectivity index (χ2v) is 3.41. The number of alkyl halides is 3. The van der Waals surface area contributed by atoms with Gasteiger partial charge < -0.3 is 4.98 Å². The lowest BCUT2D eigenvalue weighted by atomic mass is 10.3. The highest BCUT2D eigenvalue weighted by molar-refractivity contribution is 5.75. The van der Waals surface area contributed by atoms with Gasteiger partial charge in [-0.1, -0.05) is 0 Å². The first kappa shape index (κ1) is 11.6. The molecule has 2 rings (SSSR count). The van der Waals surface area contributed by atoms with Gasteiger partial charge in [-0.2, -0.15) is 13.2 Å². The summed E-state index contributed by atoms with van der Waals surface area (Å²) < 4.78 is 62.8. The number of nitrogens with one attached hydrogen (secondary N) is 1. The van der Waals surface area contributed by atoms with Crippen LogP contribution in [0.5, 0.6) is 0 Å². The second kappa shape index (κ2) is 3.57. The number of rotatable bonds is 1. The lowest BCUT2D eigenvalue weighted by Crippen LogP contribution is -2.26. The first-order chi connectivity index (χ1) is 7.78. The van der Waals surface area contributed by atoms with Crippen LogP contribution in [0.1, 0.15) is 0 Å². The first-order valence-corrected chi connectivity index (χ1v) is 4.42. The summed E-state index contributed by atoms with van der Waals surface area (Å²) in [5.41, 5.74) is -2.03. The molecule has 0 atom stereocenters. The fourth-order valence-corrected chi connectivity index (χ4v) is 1.52. The molecule has 0 saturated heterocycles. The van der Waals surface area contributed by atoms with Crippen molar-refractivity contribution in [3.8, 4) is 0 Å². The summed E-state index contributed by atoms with van der Waals surface area (Å²) >= 11 is 0. The Hall–Kier alpha value is -1.86. The van der Waals surface area contributed by atoms with E-state index in [-0.39, 0.29) is 4.57 Å². The summed E-state index contributed by atoms with van der Waals surface area (Å²) in [4.78, 5) is 13.1. The fourth-order valence-electron chi connectivity index (χ4n) is 1.52. The van der Waals surface area contributed by atoms with Crippen molar-refractivity contribution in [3.63, 3.8) is 0 Å². The third-order valence-electron chi connectivity index (χ3n) is 2.14. The summed E-state index contributed by atoms with van der Waals surface area (Å²) in [5, 5.41) is 0. The number of H-pyrrole nitrogens is 1. The summed E-state index contributed by atoms with van der Waals surface area (Å²) in [6.07, 6.45) is -4.65. The van der Waals surface area contributed by atoms with Gasteiger partial charge in [-0.15, -0.1) is 0 Å². The smallest absolute Gasteiger partial charge is 0.303 e. The number of nitrogens with zero attached hydrogens (tertiary/aromatic N) is 1. The van der Waals surface area contributed by atoms with Crippen LogP contribution >= 0.6 is 0 Å². The second-order valence-electron chi connectivity index (χ2n) is 3.41. The van der Waals surface area contributed by atoms with E-state index >= 15 is 0 Å². The van der Waals surface area contributed by atoms with E-state index in [0.717, 1.165) is 0 Å². The van der Waals surface area contributed by atoms with Gasteiger partial charge in [0.05, 0.1) is 5.52 Å². The van der Waals surface area contributed by atoms with Crippen molar-refractivity contribution in [2.75, 3.05) is 0 Å². The summed E-state index contributed by atoms with van der Waals surface area (Å²) in [6, 6.07) is 1.15. The molecule has 8 heteroatoms. The minimum Gasteiger partial charge on any atom is -0.303 e. The Kier molecular flexibility index (Phi) is 2.44. The number of aromatic amines is 1. The van der Waals surface area contributed by atoms with Crippen LogP contribution < -0.4 is 5.69 Å². The maximum Gasteiger partial charge on any atom is 0.406 e. The molecule has 1 aromatic heterocycles. The highest BCUT2D eigenvalue weighted by atomic mass is 19.4. The topological polar surface area (TPSA) is 37.8 Å². The van der Waals surface area contributed by atoms with Crippen LogP contribution in [0.25, 0.3) is 11.0 Å². The van der Waals surface area contributed by atoms with Crippen molar-refractivity contribution < 1.29 is 22.0 Å². The quantitative estimate of drug-likeness (QED) is 0.776. The van der Waals surface area contributed by atoms with Gasteiger partial charge in [0.1, 0.15) is 17.9 Å². The van der Waals surface area contributed by atoms with Gasteiger partial charge in [-0.25, -0.2) is 13.6 Å². The monoisotopic (exact) mass is 252 g/mol. The number of aromatic nitrogens is 2. The Labute approximate surface area is 90.5 Å². The molecular formula is C9H5F5N2O. The number of hydrogen-bond donors (Lipinski definition) is 1. The molecule has 0 aliphatic rings. The Balaban J connectivity index is 2.71. The molecule has 3 nitrogen and oxygen atoms in total. The summed E-state index contributed by atoms with van der Waals surface area (Å²) in [5.74, 6) is -2.16. The van der Waals surface area contributed by atoms with Crippen molar-refractivity contribution in [1.82, 2.24) is 9.55 Å². The van der Waals surface area contributed by atoms with Crippen LogP contribution in [0.4, 0.5) is 22.0 Å². The maximum atomic E-state index is 13.2. The molecule has 92 valence electrons. The molecule has 17 heavy (non-hydrogen) atoms. The van der Waals surface area contributed by atoms with Crippen molar-refractivity contribution in [2.45, 2.75) is 12.7 Å². The van der Waals surface area contributed by atoms with E-state index in [4.69, 9.17) is 0 Å². The van der Waals surface area contributed by atoms with E-state index in [1.54, 1.807) is 0 Å². The van der Waals surface area contributed by atoms with Crippen molar-refractivity contribution in [2.24, 2.45) is 0 Å². The van der Waals surface area contributed by atoms with Crippen LogP contribution in [-0.4, -0.2) is 15.7 Å². The Bertz CT molecular complexity index is 625. The fraction of sp³-hybridized carbons (Fsp3) is 0.222. The standard InChI is InChI=1S/C9H5F5N2O/c10-4-1-5(11)7-6(2-4)16(8(17)15-7)3-9(12,13)14/h1-2H,3H2,(H,15,17). The zero-order chi connectivity index (χ0) is 12.8. The van der Waals surface area contributed by atoms with E-state index in [9.17, 15) is 26.7 Å². The van der Waals surface area contributed by atoms with Gasteiger partial charge in [-0.3, -0.25) is 4.57 Å². The number of hydrogen-bond acceptors (Lipinski definition) is 1. The molecule has 0 fully saturated rings. The molecule has 0 bridgehead atoms. The Morgan fingerprint density at radius 3 is 2.47 bits per heavy atom. The van der Waals surface area contributed by atoms with Gasteiger partial charge in [0.15, 0.2) is 5.82 Å². The molecule has 0 radical (unpaired) electrons. The minimum absolute atomic E-state index is 0.238. The molecule has 0 saturated carbocycles. The molecule has 0 spiro atoms. The van der Waals surface area contributed by atoms with Gasteiger partial charge in [-0.05, 0) is 0 Å². The Morgan fingerprint density at radius 2 is 1.88 bits per heavy atom. The SMILES string of the molecule is O=c1[nH]c2c(F)cc(F)cc2n1CC(F)(F)F. The molecule has 1 N–H and O–H groups in total. The van der Waals surface area contributed by atoms with Gasteiger partial charge in [0.2, 0.25) is 0 Å². The number of imidazole rings is 1. The molecular weight excluding hydrogens is 247 g/mol. The Morgan fingerprint density at radius 1 is 1.24 bits per heavy atom.